The number of amides is 2. The molecular weight excluding hydrogens is 334 g/mol. The molecule has 2 amide bonds. The van der Waals surface area contributed by atoms with Crippen molar-refractivity contribution in [3.63, 3.8) is 0 Å². The van der Waals surface area contributed by atoms with Gasteiger partial charge in [0.1, 0.15) is 5.60 Å². The van der Waals surface area contributed by atoms with Gasteiger partial charge in [0.2, 0.25) is 0 Å². The number of rotatable bonds is 5. The molecule has 0 spiro atoms. The summed E-state index contributed by atoms with van der Waals surface area (Å²) in [5.74, 6) is -5.24. The number of benzene rings is 1. The molecule has 0 aliphatic carbocycles. The number of ether oxygens (including phenoxy) is 1. The Labute approximate surface area is 146 Å². The second-order valence-electron chi connectivity index (χ2n) is 6.55. The van der Waals surface area contributed by atoms with Crippen LogP contribution in [-0.2, 0) is 20.3 Å². The number of alkyl carbamates (subject to hydrolysis) is 1. The highest BCUT2D eigenvalue weighted by Gasteiger charge is 2.43. The summed E-state index contributed by atoms with van der Waals surface area (Å²) in [6.45, 7) is 6.79. The second kappa shape index (κ2) is 7.77. The summed E-state index contributed by atoms with van der Waals surface area (Å²) in [6, 6.07) is 4.70. The van der Waals surface area contributed by atoms with Gasteiger partial charge in [-0.25, -0.2) is 9.86 Å². The van der Waals surface area contributed by atoms with Gasteiger partial charge in [-0.1, -0.05) is 18.2 Å². The molecule has 25 heavy (non-hydrogen) atoms. The smallest absolute Gasteiger partial charge is 0.408 e. The molecule has 140 valence electrons. The normalized spacial score (nSPS) is 13.1. The number of halogens is 2. The third-order valence-electron chi connectivity index (χ3n) is 3.31. The first-order chi connectivity index (χ1) is 11.4. The van der Waals surface area contributed by atoms with E-state index in [2.05, 4.69) is 10.2 Å². The van der Waals surface area contributed by atoms with Crippen LogP contribution in [0, 0.1) is 0 Å². The van der Waals surface area contributed by atoms with Gasteiger partial charge in [-0.2, -0.15) is 8.78 Å². The Morgan fingerprint density at radius 2 is 1.84 bits per heavy atom. The van der Waals surface area contributed by atoms with Crippen molar-refractivity contribution in [2.45, 2.75) is 45.3 Å². The summed E-state index contributed by atoms with van der Waals surface area (Å²) in [5, 5.41) is 3.04. The zero-order chi connectivity index (χ0) is 19.4. The molecule has 0 heterocycles. The fourth-order valence-corrected chi connectivity index (χ4v) is 1.98. The number of nitrogens with zero attached hydrogens (tertiary/aromatic N) is 1. The van der Waals surface area contributed by atoms with E-state index in [9.17, 15) is 18.4 Å². The van der Waals surface area contributed by atoms with Crippen LogP contribution in [0.5, 0.6) is 0 Å². The predicted octanol–water partition coefficient (Wildman–Crippen LogP) is 3.38. The van der Waals surface area contributed by atoms with Crippen LogP contribution in [-0.4, -0.2) is 36.8 Å². The molecule has 1 atom stereocenters. The molecule has 0 aliphatic heterocycles. The van der Waals surface area contributed by atoms with E-state index in [1.54, 1.807) is 33.8 Å². The van der Waals surface area contributed by atoms with Crippen LogP contribution in [0.4, 0.5) is 13.6 Å². The highest BCUT2D eigenvalue weighted by molar-refractivity contribution is 5.83. The Hall–Kier alpha value is -2.22. The quantitative estimate of drug-likeness (QED) is 0.820. The summed E-state index contributed by atoms with van der Waals surface area (Å²) in [7, 11) is 2.23. The van der Waals surface area contributed by atoms with Gasteiger partial charge in [-0.15, -0.1) is 0 Å². The number of carbonyl (C=O) groups excluding carboxylic acids is 2. The molecule has 0 bridgehead atoms. The van der Waals surface area contributed by atoms with E-state index in [1.807, 2.05) is 0 Å². The molecule has 0 radical (unpaired) electrons. The van der Waals surface area contributed by atoms with Crippen molar-refractivity contribution in [2.24, 2.45) is 0 Å². The number of nitrogens with one attached hydrogen (secondary N) is 1. The number of hydrogen-bond acceptors (Lipinski definition) is 4. The highest BCUT2D eigenvalue weighted by atomic mass is 19.3. The maximum atomic E-state index is 14.3. The van der Waals surface area contributed by atoms with Crippen molar-refractivity contribution in [3.05, 3.63) is 35.4 Å². The molecule has 1 aromatic rings. The zero-order valence-corrected chi connectivity index (χ0v) is 15.2. The molecule has 0 aliphatic rings. The van der Waals surface area contributed by atoms with E-state index >= 15 is 0 Å². The van der Waals surface area contributed by atoms with Crippen LogP contribution in [0.2, 0.25) is 0 Å². The third-order valence-corrected chi connectivity index (χ3v) is 3.31. The van der Waals surface area contributed by atoms with Crippen LogP contribution in [0.3, 0.4) is 0 Å². The fraction of sp³-hybridized carbons (Fsp3) is 0.529. The minimum Gasteiger partial charge on any atom is -0.444 e. The van der Waals surface area contributed by atoms with Crippen LogP contribution in [0.15, 0.2) is 24.3 Å². The first-order valence-electron chi connectivity index (χ1n) is 7.68. The Morgan fingerprint density at radius 3 is 2.36 bits per heavy atom. The molecule has 1 rings (SSSR count). The van der Waals surface area contributed by atoms with Gasteiger partial charge in [0.05, 0.1) is 13.2 Å². The largest absolute Gasteiger partial charge is 0.444 e. The van der Waals surface area contributed by atoms with Gasteiger partial charge in [0.25, 0.3) is 0 Å². The van der Waals surface area contributed by atoms with E-state index in [-0.39, 0.29) is 0 Å². The summed E-state index contributed by atoms with van der Waals surface area (Å²) >= 11 is 0. The summed E-state index contributed by atoms with van der Waals surface area (Å²) in [6.07, 6.45) is -0.660. The third kappa shape index (κ3) is 5.67. The zero-order valence-electron chi connectivity index (χ0n) is 15.2. The maximum Gasteiger partial charge on any atom is 0.408 e. The van der Waals surface area contributed by atoms with Crippen molar-refractivity contribution in [2.75, 3.05) is 14.2 Å². The van der Waals surface area contributed by atoms with Crippen molar-refractivity contribution in [3.8, 4) is 0 Å². The maximum absolute atomic E-state index is 14.3. The minimum absolute atomic E-state index is 0.413. The van der Waals surface area contributed by atoms with E-state index in [0.29, 0.717) is 10.6 Å². The van der Waals surface area contributed by atoms with Crippen LogP contribution in [0.25, 0.3) is 0 Å². The predicted molar refractivity (Wildman–Crippen MR) is 87.9 cm³/mol. The van der Waals surface area contributed by atoms with Gasteiger partial charge in [-0.3, -0.25) is 9.63 Å². The SMILES string of the molecule is CON(C)C(=O)C(F)(F)c1cccc(C(C)NC(=O)OC(C)(C)C)c1. The molecule has 0 saturated carbocycles. The van der Waals surface area contributed by atoms with Crippen LogP contribution in [0.1, 0.15) is 44.9 Å². The lowest BCUT2D eigenvalue weighted by Crippen LogP contribution is -2.39. The number of hydrogen-bond donors (Lipinski definition) is 1. The first-order valence-corrected chi connectivity index (χ1v) is 7.68. The average molecular weight is 358 g/mol. The first kappa shape index (κ1) is 20.8. The van der Waals surface area contributed by atoms with Crippen LogP contribution < -0.4 is 5.32 Å². The number of likely N-dealkylation sites (N-methyl/N-ethyl adjacent to an activating group) is 1. The molecule has 6 nitrogen and oxygen atoms in total. The van der Waals surface area contributed by atoms with Gasteiger partial charge in [0.15, 0.2) is 0 Å². The molecule has 0 aromatic heterocycles. The Kier molecular flexibility index (Phi) is 6.48. The van der Waals surface area contributed by atoms with Gasteiger partial charge in [0, 0.05) is 12.6 Å². The topological polar surface area (TPSA) is 67.9 Å². The molecule has 1 N–H and O–H groups in total. The Morgan fingerprint density at radius 1 is 1.24 bits per heavy atom. The van der Waals surface area contributed by atoms with Crippen LogP contribution >= 0.6 is 0 Å². The molecule has 0 fully saturated rings. The molecule has 1 unspecified atom stereocenters. The molecule has 1 aromatic carbocycles. The Balaban J connectivity index is 2.97. The lowest BCUT2D eigenvalue weighted by Gasteiger charge is -2.24. The fourth-order valence-electron chi connectivity index (χ4n) is 1.98. The minimum atomic E-state index is -3.76. The van der Waals surface area contributed by atoms with Crippen molar-refractivity contribution >= 4 is 12.0 Å². The van der Waals surface area contributed by atoms with E-state index < -0.39 is 35.1 Å². The monoisotopic (exact) mass is 358 g/mol. The standard InChI is InChI=1S/C17H24F2N2O4/c1-11(20-15(23)25-16(2,3)4)12-8-7-9-13(10-12)17(18,19)14(22)21(5)24-6/h7-11H,1-6H3,(H,20,23). The molecule has 8 heteroatoms. The Bertz CT molecular complexity index is 629. The van der Waals surface area contributed by atoms with E-state index in [0.717, 1.165) is 20.2 Å². The lowest BCUT2D eigenvalue weighted by atomic mass is 10.0. The lowest BCUT2D eigenvalue weighted by molar-refractivity contribution is -0.195. The summed E-state index contributed by atoms with van der Waals surface area (Å²) < 4.78 is 33.8. The summed E-state index contributed by atoms with van der Waals surface area (Å²) in [4.78, 5) is 28.1. The highest BCUT2D eigenvalue weighted by Crippen LogP contribution is 2.31. The average Bonchev–Trinajstić information content (AvgIpc) is 2.51. The molecular formula is C17H24F2N2O4. The van der Waals surface area contributed by atoms with E-state index in [4.69, 9.17) is 4.74 Å². The van der Waals surface area contributed by atoms with Crippen molar-refractivity contribution in [1.82, 2.24) is 10.4 Å². The molecule has 0 saturated heterocycles. The number of alkyl halides is 2. The van der Waals surface area contributed by atoms with Crippen molar-refractivity contribution < 1.29 is 27.9 Å². The summed E-state index contributed by atoms with van der Waals surface area (Å²) in [5.41, 5.74) is -0.747. The van der Waals surface area contributed by atoms with Gasteiger partial charge >= 0.3 is 17.9 Å². The van der Waals surface area contributed by atoms with Gasteiger partial charge < -0.3 is 10.1 Å². The number of carbonyl (C=O) groups is 2. The van der Waals surface area contributed by atoms with E-state index in [1.165, 1.54) is 12.1 Å². The number of hydroxylamine groups is 2. The van der Waals surface area contributed by atoms with Gasteiger partial charge in [-0.05, 0) is 39.3 Å². The second-order valence-corrected chi connectivity index (χ2v) is 6.55. The van der Waals surface area contributed by atoms with Crippen molar-refractivity contribution in [1.29, 1.82) is 0 Å².